The molecule has 0 aliphatic carbocycles. The van der Waals surface area contributed by atoms with Crippen LogP contribution < -0.4 is 10.2 Å². The van der Waals surface area contributed by atoms with E-state index in [0.29, 0.717) is 30.7 Å². The zero-order chi connectivity index (χ0) is 24.9. The Bertz CT molecular complexity index is 1150. The fourth-order valence-corrected chi connectivity index (χ4v) is 4.59. The van der Waals surface area contributed by atoms with E-state index < -0.39 is 6.10 Å². The molecule has 5 rings (SSSR count). The highest BCUT2D eigenvalue weighted by atomic mass is 16.5. The molecule has 0 amide bonds. The molecule has 11 nitrogen and oxygen atoms in total. The Morgan fingerprint density at radius 1 is 1.00 bits per heavy atom. The first-order chi connectivity index (χ1) is 17.6. The third kappa shape index (κ3) is 5.88. The lowest BCUT2D eigenvalue weighted by molar-refractivity contribution is 0.108. The van der Waals surface area contributed by atoms with Gasteiger partial charge in [-0.3, -0.25) is 9.80 Å². The number of pyridine rings is 2. The molecule has 2 fully saturated rings. The summed E-state index contributed by atoms with van der Waals surface area (Å²) in [6.07, 6.45) is 2.96. The standard InChI is InChI=1S/C25H34N8O3/c1-18(35)21-14-20-16-27-25(30-23(20)24(28-21)33-9-12-36-13-10-33)29-22-3-2-19(15-26-22)17-32-6-4-31(5-7-32)8-11-34/h2-3,14-16,18,34-35H,4-13,17H2,1H3,(H,26,27,29,30). The third-order valence-corrected chi connectivity index (χ3v) is 6.66. The summed E-state index contributed by atoms with van der Waals surface area (Å²) in [5, 5.41) is 23.3. The van der Waals surface area contributed by atoms with Gasteiger partial charge in [0, 0.05) is 70.1 Å². The smallest absolute Gasteiger partial charge is 0.229 e. The van der Waals surface area contributed by atoms with E-state index in [-0.39, 0.29) is 6.61 Å². The van der Waals surface area contributed by atoms with Gasteiger partial charge in [0.15, 0.2) is 5.82 Å². The summed E-state index contributed by atoms with van der Waals surface area (Å²) in [4.78, 5) is 25.4. The van der Waals surface area contributed by atoms with Crippen LogP contribution in [0.15, 0.2) is 30.6 Å². The second kappa shape index (κ2) is 11.4. The van der Waals surface area contributed by atoms with E-state index in [1.807, 2.05) is 18.3 Å². The lowest BCUT2D eigenvalue weighted by Crippen LogP contribution is -2.46. The maximum atomic E-state index is 10.1. The van der Waals surface area contributed by atoms with Crippen molar-refractivity contribution in [2.45, 2.75) is 19.6 Å². The molecule has 1 atom stereocenters. The van der Waals surface area contributed by atoms with Gasteiger partial charge in [0.1, 0.15) is 11.3 Å². The molecular weight excluding hydrogens is 460 g/mol. The van der Waals surface area contributed by atoms with E-state index >= 15 is 0 Å². The summed E-state index contributed by atoms with van der Waals surface area (Å²) in [6.45, 7) is 10.2. The van der Waals surface area contributed by atoms with Crippen molar-refractivity contribution in [2.24, 2.45) is 0 Å². The summed E-state index contributed by atoms with van der Waals surface area (Å²) in [6, 6.07) is 5.86. The van der Waals surface area contributed by atoms with Crippen LogP contribution in [0.2, 0.25) is 0 Å². The number of nitrogens with one attached hydrogen (secondary N) is 1. The van der Waals surface area contributed by atoms with E-state index in [1.54, 1.807) is 13.1 Å². The molecule has 0 spiro atoms. The monoisotopic (exact) mass is 494 g/mol. The predicted octanol–water partition coefficient (Wildman–Crippen LogP) is 1.16. The highest BCUT2D eigenvalue weighted by molar-refractivity contribution is 5.89. The Hall–Kier alpha value is -2.96. The maximum Gasteiger partial charge on any atom is 0.229 e. The highest BCUT2D eigenvalue weighted by Gasteiger charge is 2.20. The van der Waals surface area contributed by atoms with Crippen molar-refractivity contribution >= 4 is 28.5 Å². The van der Waals surface area contributed by atoms with Crippen molar-refractivity contribution in [3.8, 4) is 0 Å². The second-order valence-corrected chi connectivity index (χ2v) is 9.30. The molecule has 2 saturated heterocycles. The molecule has 36 heavy (non-hydrogen) atoms. The Labute approximate surface area is 210 Å². The number of rotatable bonds is 8. The van der Waals surface area contributed by atoms with Gasteiger partial charge in [-0.2, -0.15) is 0 Å². The molecule has 192 valence electrons. The van der Waals surface area contributed by atoms with Gasteiger partial charge in [-0.15, -0.1) is 0 Å². The normalized spacial score (nSPS) is 18.5. The minimum absolute atomic E-state index is 0.216. The van der Waals surface area contributed by atoms with Crippen LogP contribution in [0.4, 0.5) is 17.6 Å². The van der Waals surface area contributed by atoms with Gasteiger partial charge < -0.3 is 25.2 Å². The van der Waals surface area contributed by atoms with E-state index in [4.69, 9.17) is 19.8 Å². The number of piperazine rings is 1. The quantitative estimate of drug-likeness (QED) is 0.418. The van der Waals surface area contributed by atoms with Crippen molar-refractivity contribution in [3.05, 3.63) is 41.9 Å². The van der Waals surface area contributed by atoms with Gasteiger partial charge in [-0.05, 0) is 24.6 Å². The average molecular weight is 495 g/mol. The van der Waals surface area contributed by atoms with Crippen molar-refractivity contribution in [1.82, 2.24) is 29.7 Å². The molecule has 3 aromatic heterocycles. The van der Waals surface area contributed by atoms with E-state index in [9.17, 15) is 5.11 Å². The number of aliphatic hydroxyl groups is 2. The van der Waals surface area contributed by atoms with E-state index in [2.05, 4.69) is 36.1 Å². The number of fused-ring (bicyclic) bond motifs is 1. The maximum absolute atomic E-state index is 10.1. The largest absolute Gasteiger partial charge is 0.395 e. The van der Waals surface area contributed by atoms with Crippen LogP contribution in [-0.2, 0) is 11.3 Å². The fraction of sp³-hybridized carbons (Fsp3) is 0.520. The molecule has 0 aromatic carbocycles. The number of hydrogen-bond donors (Lipinski definition) is 3. The topological polar surface area (TPSA) is 123 Å². The van der Waals surface area contributed by atoms with Crippen molar-refractivity contribution < 1.29 is 14.9 Å². The minimum atomic E-state index is -0.681. The molecule has 2 aliphatic rings. The average Bonchev–Trinajstić information content (AvgIpc) is 2.91. The molecule has 3 aromatic rings. The van der Waals surface area contributed by atoms with Crippen LogP contribution in [0.25, 0.3) is 10.9 Å². The number of nitrogens with zero attached hydrogens (tertiary/aromatic N) is 7. The second-order valence-electron chi connectivity index (χ2n) is 9.30. The summed E-state index contributed by atoms with van der Waals surface area (Å²) < 4.78 is 5.50. The molecule has 3 N–H and O–H groups in total. The lowest BCUT2D eigenvalue weighted by Gasteiger charge is -2.34. The van der Waals surface area contributed by atoms with Gasteiger partial charge >= 0.3 is 0 Å². The zero-order valence-electron chi connectivity index (χ0n) is 20.7. The summed E-state index contributed by atoms with van der Waals surface area (Å²) in [5.41, 5.74) is 2.48. The highest BCUT2D eigenvalue weighted by Crippen LogP contribution is 2.28. The van der Waals surface area contributed by atoms with Gasteiger partial charge in [-0.25, -0.2) is 19.9 Å². The number of aliphatic hydroxyl groups excluding tert-OH is 2. The van der Waals surface area contributed by atoms with E-state index in [0.717, 1.165) is 74.6 Å². The van der Waals surface area contributed by atoms with Crippen LogP contribution in [0, 0.1) is 0 Å². The molecular formula is C25H34N8O3. The first-order valence-electron chi connectivity index (χ1n) is 12.5. The minimum Gasteiger partial charge on any atom is -0.395 e. The van der Waals surface area contributed by atoms with Crippen LogP contribution >= 0.6 is 0 Å². The SMILES string of the molecule is CC(O)c1cc2cnc(Nc3ccc(CN4CCN(CCO)CC4)cn3)nc2c(N2CCOCC2)n1. The molecule has 0 bridgehead atoms. The van der Waals surface area contributed by atoms with Crippen molar-refractivity contribution in [1.29, 1.82) is 0 Å². The Morgan fingerprint density at radius 3 is 2.47 bits per heavy atom. The van der Waals surface area contributed by atoms with Gasteiger partial charge in [-0.1, -0.05) is 6.07 Å². The number of ether oxygens (including phenoxy) is 1. The van der Waals surface area contributed by atoms with Gasteiger partial charge in [0.25, 0.3) is 0 Å². The predicted molar refractivity (Wildman–Crippen MR) is 137 cm³/mol. The molecule has 0 radical (unpaired) electrons. The Balaban J connectivity index is 1.29. The van der Waals surface area contributed by atoms with Crippen molar-refractivity contribution in [2.75, 3.05) is 75.9 Å². The summed E-state index contributed by atoms with van der Waals surface area (Å²) in [5.74, 6) is 1.86. The summed E-state index contributed by atoms with van der Waals surface area (Å²) >= 11 is 0. The third-order valence-electron chi connectivity index (χ3n) is 6.66. The molecule has 0 saturated carbocycles. The fourth-order valence-electron chi connectivity index (χ4n) is 4.59. The van der Waals surface area contributed by atoms with Crippen LogP contribution in [-0.4, -0.2) is 106 Å². The zero-order valence-corrected chi connectivity index (χ0v) is 20.7. The Kier molecular flexibility index (Phi) is 7.83. The molecule has 11 heteroatoms. The Morgan fingerprint density at radius 2 is 1.78 bits per heavy atom. The number of morpholine rings is 1. The van der Waals surface area contributed by atoms with Gasteiger partial charge in [0.2, 0.25) is 5.95 Å². The first kappa shape index (κ1) is 24.7. The number of hydrogen-bond acceptors (Lipinski definition) is 11. The van der Waals surface area contributed by atoms with Crippen LogP contribution in [0.1, 0.15) is 24.3 Å². The molecule has 5 heterocycles. The number of β-amino-alcohol motifs (C(OH)–C–C–N with tert-alkyl or cyclic N) is 1. The van der Waals surface area contributed by atoms with Gasteiger partial charge in [0.05, 0.1) is 31.6 Å². The van der Waals surface area contributed by atoms with Crippen molar-refractivity contribution in [3.63, 3.8) is 0 Å². The van der Waals surface area contributed by atoms with Crippen LogP contribution in [0.3, 0.4) is 0 Å². The first-order valence-corrected chi connectivity index (χ1v) is 12.5. The molecule has 1 unspecified atom stereocenters. The van der Waals surface area contributed by atoms with E-state index in [1.165, 1.54) is 0 Å². The number of aromatic nitrogens is 4. The number of anilines is 3. The molecule has 2 aliphatic heterocycles. The van der Waals surface area contributed by atoms with Crippen LogP contribution in [0.5, 0.6) is 0 Å². The summed E-state index contributed by atoms with van der Waals surface area (Å²) in [7, 11) is 0. The lowest BCUT2D eigenvalue weighted by atomic mass is 10.2.